The van der Waals surface area contributed by atoms with Crippen LogP contribution >= 0.6 is 0 Å². The molecule has 3 rings (SSSR count). The molecule has 0 atom stereocenters. The van der Waals surface area contributed by atoms with Gasteiger partial charge in [0.25, 0.3) is 10.0 Å². The van der Waals surface area contributed by atoms with Crippen molar-refractivity contribution in [1.82, 2.24) is 8.96 Å². The van der Waals surface area contributed by atoms with Crippen LogP contribution in [0.15, 0.2) is 41.4 Å². The van der Waals surface area contributed by atoms with Crippen LogP contribution < -0.4 is 0 Å². The number of halogens is 1. The molecule has 27 heavy (non-hydrogen) atoms. The molecule has 138 valence electrons. The van der Waals surface area contributed by atoms with E-state index in [0.29, 0.717) is 10.9 Å². The molecule has 0 unspecified atom stereocenters. The van der Waals surface area contributed by atoms with E-state index in [4.69, 9.17) is 5.26 Å². The second-order valence-corrected chi connectivity index (χ2v) is 7.50. The molecule has 0 N–H and O–H groups in total. The molecule has 0 amide bonds. The van der Waals surface area contributed by atoms with E-state index in [0.717, 1.165) is 22.2 Å². The highest BCUT2D eigenvalue weighted by Gasteiger charge is 2.27. The number of carbonyl (C=O) groups is 1. The lowest BCUT2D eigenvalue weighted by molar-refractivity contribution is -0.139. The Labute approximate surface area is 154 Å². The topological polar surface area (TPSA) is 102 Å². The average molecular weight is 387 g/mol. The zero-order chi connectivity index (χ0) is 19.8. The summed E-state index contributed by atoms with van der Waals surface area (Å²) in [6, 6.07) is 7.89. The zero-order valence-corrected chi connectivity index (χ0v) is 15.2. The summed E-state index contributed by atoms with van der Waals surface area (Å²) < 4.78 is 45.7. The minimum absolute atomic E-state index is 0.125. The summed E-state index contributed by atoms with van der Waals surface area (Å²) in [5.41, 5.74) is 0.512. The van der Waals surface area contributed by atoms with Crippen molar-refractivity contribution in [2.75, 3.05) is 7.11 Å². The van der Waals surface area contributed by atoms with Crippen LogP contribution in [0, 0.1) is 24.1 Å². The Hall–Kier alpha value is -3.25. The number of fused-ring (bicyclic) bond motifs is 1. The van der Waals surface area contributed by atoms with Gasteiger partial charge in [0.1, 0.15) is 11.9 Å². The quantitative estimate of drug-likeness (QED) is 0.637. The van der Waals surface area contributed by atoms with E-state index in [1.165, 1.54) is 13.3 Å². The van der Waals surface area contributed by atoms with Gasteiger partial charge in [-0.25, -0.2) is 21.8 Å². The lowest BCUT2D eigenvalue weighted by atomic mass is 10.1. The van der Waals surface area contributed by atoms with Gasteiger partial charge in [-0.05, 0) is 42.8 Å². The number of benzene rings is 1. The van der Waals surface area contributed by atoms with Gasteiger partial charge in [-0.1, -0.05) is 0 Å². The first kappa shape index (κ1) is 18.5. The number of nitrogens with zero attached hydrogens (tertiary/aromatic N) is 3. The van der Waals surface area contributed by atoms with Crippen molar-refractivity contribution >= 4 is 27.0 Å². The Balaban J connectivity index is 2.29. The average Bonchev–Trinajstić information content (AvgIpc) is 2.94. The lowest BCUT2D eigenvalue weighted by Crippen LogP contribution is -2.16. The minimum Gasteiger partial charge on any atom is -0.469 e. The third kappa shape index (κ3) is 3.04. The van der Waals surface area contributed by atoms with E-state index in [-0.39, 0.29) is 28.2 Å². The molecular formula is C18H14FN3O4S. The third-order valence-corrected chi connectivity index (χ3v) is 5.97. The maximum absolute atomic E-state index is 13.6. The van der Waals surface area contributed by atoms with E-state index in [1.54, 1.807) is 25.1 Å². The minimum atomic E-state index is -4.18. The molecule has 0 bridgehead atoms. The number of pyridine rings is 1. The van der Waals surface area contributed by atoms with Gasteiger partial charge in [0, 0.05) is 17.3 Å². The van der Waals surface area contributed by atoms with Gasteiger partial charge >= 0.3 is 5.97 Å². The van der Waals surface area contributed by atoms with Crippen molar-refractivity contribution < 1.29 is 22.3 Å². The Morgan fingerprint density at radius 2 is 2.11 bits per heavy atom. The summed E-state index contributed by atoms with van der Waals surface area (Å²) in [5, 5.41) is 9.47. The summed E-state index contributed by atoms with van der Waals surface area (Å²) in [4.78, 5) is 15.6. The van der Waals surface area contributed by atoms with Crippen molar-refractivity contribution in [3.8, 4) is 6.07 Å². The first-order valence-electron chi connectivity index (χ1n) is 7.78. The molecule has 0 fully saturated rings. The fraction of sp³-hybridized carbons (Fsp3) is 0.167. The first-order chi connectivity index (χ1) is 12.8. The molecule has 0 saturated heterocycles. The molecule has 2 aromatic heterocycles. The van der Waals surface area contributed by atoms with Gasteiger partial charge in [0.2, 0.25) is 0 Å². The molecule has 1 aromatic carbocycles. The monoisotopic (exact) mass is 387 g/mol. The number of aromatic nitrogens is 2. The second kappa shape index (κ2) is 6.81. The predicted octanol–water partition coefficient (Wildman–Crippen LogP) is 2.31. The number of methoxy groups -OCH3 is 1. The lowest BCUT2D eigenvalue weighted by Gasteiger charge is -2.10. The van der Waals surface area contributed by atoms with Crippen molar-refractivity contribution in [3.63, 3.8) is 0 Å². The van der Waals surface area contributed by atoms with Crippen molar-refractivity contribution in [1.29, 1.82) is 5.26 Å². The SMILES string of the molecule is COC(=O)Cc1c(C)n(S(=O)(=O)c2ccc(F)c(C#N)c2)c2ncccc12. The molecule has 0 saturated carbocycles. The van der Waals surface area contributed by atoms with Crippen LogP contribution in [0.2, 0.25) is 0 Å². The maximum Gasteiger partial charge on any atom is 0.310 e. The van der Waals surface area contributed by atoms with E-state index in [1.807, 2.05) is 0 Å². The highest BCUT2D eigenvalue weighted by atomic mass is 32.2. The second-order valence-electron chi connectivity index (χ2n) is 5.71. The number of hydrogen-bond acceptors (Lipinski definition) is 6. The summed E-state index contributed by atoms with van der Waals surface area (Å²) in [6.07, 6.45) is 1.31. The molecule has 0 aliphatic heterocycles. The number of rotatable bonds is 4. The van der Waals surface area contributed by atoms with E-state index in [9.17, 15) is 17.6 Å². The van der Waals surface area contributed by atoms with E-state index in [2.05, 4.69) is 9.72 Å². The Morgan fingerprint density at radius 3 is 2.78 bits per heavy atom. The van der Waals surface area contributed by atoms with Gasteiger partial charge in [-0.2, -0.15) is 5.26 Å². The fourth-order valence-electron chi connectivity index (χ4n) is 2.86. The van der Waals surface area contributed by atoms with Crippen LogP contribution in [0.3, 0.4) is 0 Å². The highest BCUT2D eigenvalue weighted by Crippen LogP contribution is 2.29. The molecule has 0 radical (unpaired) electrons. The molecule has 0 spiro atoms. The normalized spacial score (nSPS) is 11.3. The van der Waals surface area contributed by atoms with Gasteiger partial charge < -0.3 is 4.74 Å². The number of hydrogen-bond donors (Lipinski definition) is 0. The molecule has 2 heterocycles. The first-order valence-corrected chi connectivity index (χ1v) is 9.22. The zero-order valence-electron chi connectivity index (χ0n) is 14.4. The van der Waals surface area contributed by atoms with Crippen molar-refractivity contribution in [3.05, 3.63) is 59.2 Å². The van der Waals surface area contributed by atoms with Crippen LogP contribution in [0.1, 0.15) is 16.8 Å². The smallest absolute Gasteiger partial charge is 0.310 e. The van der Waals surface area contributed by atoms with Gasteiger partial charge in [-0.3, -0.25) is 4.79 Å². The Morgan fingerprint density at radius 1 is 1.37 bits per heavy atom. The fourth-order valence-corrected chi connectivity index (χ4v) is 4.42. The van der Waals surface area contributed by atoms with Gasteiger partial charge in [-0.15, -0.1) is 0 Å². The molecule has 3 aromatic rings. The Kier molecular flexibility index (Phi) is 4.68. The predicted molar refractivity (Wildman–Crippen MR) is 93.9 cm³/mol. The number of ether oxygens (including phenoxy) is 1. The number of carbonyl (C=O) groups excluding carboxylic acids is 1. The molecule has 9 heteroatoms. The molecule has 7 nitrogen and oxygen atoms in total. The standard InChI is InChI=1S/C18H14FN3O4S/c1-11-15(9-17(23)26-2)14-4-3-7-21-18(14)22(11)27(24,25)13-5-6-16(19)12(8-13)10-20/h3-8H,9H2,1-2H3. The van der Waals surface area contributed by atoms with E-state index < -0.39 is 21.8 Å². The maximum atomic E-state index is 13.6. The molecule has 0 aliphatic rings. The van der Waals surface area contributed by atoms with Crippen LogP contribution in [0.25, 0.3) is 11.0 Å². The van der Waals surface area contributed by atoms with Gasteiger partial charge in [0.15, 0.2) is 5.65 Å². The highest BCUT2D eigenvalue weighted by molar-refractivity contribution is 7.90. The molecular weight excluding hydrogens is 373 g/mol. The largest absolute Gasteiger partial charge is 0.469 e. The van der Waals surface area contributed by atoms with E-state index >= 15 is 0 Å². The summed E-state index contributed by atoms with van der Waals surface area (Å²) >= 11 is 0. The summed E-state index contributed by atoms with van der Waals surface area (Å²) in [6.45, 7) is 1.55. The van der Waals surface area contributed by atoms with Crippen LogP contribution in [0.4, 0.5) is 4.39 Å². The van der Waals surface area contributed by atoms with Crippen LogP contribution in [-0.2, 0) is 26.0 Å². The summed E-state index contributed by atoms with van der Waals surface area (Å²) in [7, 11) is -2.94. The van der Waals surface area contributed by atoms with Gasteiger partial charge in [0.05, 0.1) is 24.0 Å². The van der Waals surface area contributed by atoms with Crippen molar-refractivity contribution in [2.24, 2.45) is 0 Å². The number of nitriles is 1. The Bertz CT molecular complexity index is 1210. The third-order valence-electron chi connectivity index (χ3n) is 4.19. The summed E-state index contributed by atoms with van der Waals surface area (Å²) in [5.74, 6) is -1.33. The molecule has 0 aliphatic carbocycles. The van der Waals surface area contributed by atoms with Crippen LogP contribution in [-0.4, -0.2) is 30.5 Å². The van der Waals surface area contributed by atoms with Crippen LogP contribution in [0.5, 0.6) is 0 Å². The number of esters is 1. The van der Waals surface area contributed by atoms with Crippen molar-refractivity contribution in [2.45, 2.75) is 18.2 Å².